The van der Waals surface area contributed by atoms with Crippen LogP contribution < -0.4 is 11.1 Å². The smallest absolute Gasteiger partial charge is 0.107 e. The molecule has 3 N–H and O–H groups in total. The lowest BCUT2D eigenvalue weighted by Gasteiger charge is -2.36. The number of piperidine rings is 1. The highest BCUT2D eigenvalue weighted by atomic mass is 79.9. The van der Waals surface area contributed by atoms with Crippen molar-refractivity contribution >= 4 is 38.8 Å². The lowest BCUT2D eigenvalue weighted by atomic mass is 9.93. The average molecular weight is 342 g/mol. The first-order valence-corrected chi connectivity index (χ1v) is 7.72. The lowest BCUT2D eigenvalue weighted by Crippen LogP contribution is -2.43. The molecule has 5 heteroatoms. The summed E-state index contributed by atoms with van der Waals surface area (Å²) in [4.78, 5) is 2.80. The molecule has 1 aliphatic heterocycles. The van der Waals surface area contributed by atoms with Gasteiger partial charge in [-0.15, -0.1) is 0 Å². The summed E-state index contributed by atoms with van der Waals surface area (Å²) in [5.41, 5.74) is 7.77. The summed E-state index contributed by atoms with van der Waals surface area (Å²) in [7, 11) is 2.17. The van der Waals surface area contributed by atoms with Gasteiger partial charge in [0.2, 0.25) is 0 Å². The molecule has 0 bridgehead atoms. The van der Waals surface area contributed by atoms with Gasteiger partial charge in [-0.1, -0.05) is 25.2 Å². The molecule has 1 aliphatic rings. The molecular weight excluding hydrogens is 322 g/mol. The zero-order valence-corrected chi connectivity index (χ0v) is 13.7. The first kappa shape index (κ1) is 14.8. The molecule has 1 saturated heterocycles. The van der Waals surface area contributed by atoms with Gasteiger partial charge in [0, 0.05) is 28.3 Å². The minimum atomic E-state index is 0.426. The Morgan fingerprint density at radius 3 is 2.89 bits per heavy atom. The SMILES string of the molecule is CC1CN(C)CCC1Nc1cccc(Br)c1C(N)=S. The highest BCUT2D eigenvalue weighted by Gasteiger charge is 2.25. The van der Waals surface area contributed by atoms with Crippen LogP contribution in [0.5, 0.6) is 0 Å². The molecule has 0 aromatic heterocycles. The van der Waals surface area contributed by atoms with Crippen molar-refractivity contribution in [3.05, 3.63) is 28.2 Å². The molecule has 1 aromatic rings. The summed E-state index contributed by atoms with van der Waals surface area (Å²) in [6.07, 6.45) is 1.14. The van der Waals surface area contributed by atoms with Gasteiger partial charge in [-0.05, 0) is 54.0 Å². The van der Waals surface area contributed by atoms with Gasteiger partial charge in [-0.2, -0.15) is 0 Å². The van der Waals surface area contributed by atoms with Gasteiger partial charge < -0.3 is 16.0 Å². The summed E-state index contributed by atoms with van der Waals surface area (Å²) in [6, 6.07) is 6.49. The van der Waals surface area contributed by atoms with Crippen molar-refractivity contribution in [2.75, 3.05) is 25.5 Å². The van der Waals surface area contributed by atoms with E-state index in [0.717, 1.165) is 35.2 Å². The third-order valence-electron chi connectivity index (χ3n) is 3.71. The van der Waals surface area contributed by atoms with E-state index in [4.69, 9.17) is 18.0 Å². The molecule has 1 aromatic carbocycles. The summed E-state index contributed by atoms with van der Waals surface area (Å²) in [6.45, 7) is 4.53. The van der Waals surface area contributed by atoms with Crippen molar-refractivity contribution in [2.24, 2.45) is 11.7 Å². The van der Waals surface area contributed by atoms with E-state index in [2.05, 4.69) is 40.1 Å². The number of thiocarbonyl (C=S) groups is 1. The molecule has 3 nitrogen and oxygen atoms in total. The van der Waals surface area contributed by atoms with Crippen LogP contribution in [0, 0.1) is 5.92 Å². The predicted molar refractivity (Wildman–Crippen MR) is 88.7 cm³/mol. The molecule has 19 heavy (non-hydrogen) atoms. The number of nitrogens with two attached hydrogens (primary N) is 1. The number of halogens is 1. The Bertz CT molecular complexity index is 478. The van der Waals surface area contributed by atoms with E-state index in [1.165, 1.54) is 0 Å². The van der Waals surface area contributed by atoms with Gasteiger partial charge in [0.05, 0.1) is 0 Å². The minimum Gasteiger partial charge on any atom is -0.389 e. The third-order valence-corrected chi connectivity index (χ3v) is 4.57. The Morgan fingerprint density at radius 2 is 2.26 bits per heavy atom. The normalized spacial score (nSPS) is 24.2. The van der Waals surface area contributed by atoms with E-state index in [-0.39, 0.29) is 0 Å². The van der Waals surface area contributed by atoms with Gasteiger partial charge in [-0.25, -0.2) is 0 Å². The number of hydrogen-bond acceptors (Lipinski definition) is 3. The van der Waals surface area contributed by atoms with Crippen LogP contribution in [-0.4, -0.2) is 36.1 Å². The number of nitrogens with one attached hydrogen (secondary N) is 1. The zero-order chi connectivity index (χ0) is 14.0. The van der Waals surface area contributed by atoms with Crippen molar-refractivity contribution in [2.45, 2.75) is 19.4 Å². The van der Waals surface area contributed by atoms with Crippen molar-refractivity contribution in [3.63, 3.8) is 0 Å². The van der Waals surface area contributed by atoms with E-state index in [9.17, 15) is 0 Å². The van der Waals surface area contributed by atoms with E-state index in [1.807, 2.05) is 18.2 Å². The molecule has 2 rings (SSSR count). The fourth-order valence-electron chi connectivity index (χ4n) is 2.66. The second-order valence-electron chi connectivity index (χ2n) is 5.31. The number of likely N-dealkylation sites (tertiary alicyclic amines) is 1. The standard InChI is InChI=1S/C14H20BrN3S/c1-9-8-18(2)7-6-11(9)17-12-5-3-4-10(15)13(12)14(16)19/h3-5,9,11,17H,6-8H2,1-2H3,(H2,16,19). The second kappa shape index (κ2) is 6.20. The summed E-state index contributed by atoms with van der Waals surface area (Å²) < 4.78 is 0.950. The Morgan fingerprint density at radius 1 is 1.53 bits per heavy atom. The van der Waals surface area contributed by atoms with Crippen LogP contribution in [0.25, 0.3) is 0 Å². The van der Waals surface area contributed by atoms with Crippen molar-refractivity contribution in [1.29, 1.82) is 0 Å². The minimum absolute atomic E-state index is 0.426. The molecular formula is C14H20BrN3S. The van der Waals surface area contributed by atoms with E-state index >= 15 is 0 Å². The topological polar surface area (TPSA) is 41.3 Å². The number of benzene rings is 1. The number of rotatable bonds is 3. The number of nitrogens with zero attached hydrogens (tertiary/aromatic N) is 1. The molecule has 0 radical (unpaired) electrons. The molecule has 2 atom stereocenters. The number of anilines is 1. The first-order chi connectivity index (χ1) is 8.99. The summed E-state index contributed by atoms with van der Waals surface area (Å²) in [5.74, 6) is 0.608. The van der Waals surface area contributed by atoms with Gasteiger partial charge in [0.1, 0.15) is 4.99 Å². The van der Waals surface area contributed by atoms with Crippen molar-refractivity contribution < 1.29 is 0 Å². The highest BCUT2D eigenvalue weighted by molar-refractivity contribution is 9.10. The highest BCUT2D eigenvalue weighted by Crippen LogP contribution is 2.28. The van der Waals surface area contributed by atoms with Crippen LogP contribution in [0.1, 0.15) is 18.9 Å². The summed E-state index contributed by atoms with van der Waals surface area (Å²) >= 11 is 8.67. The zero-order valence-electron chi connectivity index (χ0n) is 11.3. The Balaban J connectivity index is 2.19. The largest absolute Gasteiger partial charge is 0.389 e. The molecule has 1 heterocycles. The Kier molecular flexibility index (Phi) is 4.81. The van der Waals surface area contributed by atoms with Crippen LogP contribution >= 0.6 is 28.1 Å². The quantitative estimate of drug-likeness (QED) is 0.829. The molecule has 2 unspecified atom stereocenters. The average Bonchev–Trinajstić information content (AvgIpc) is 2.32. The molecule has 0 aliphatic carbocycles. The summed E-state index contributed by atoms with van der Waals surface area (Å²) in [5, 5.41) is 3.62. The van der Waals surface area contributed by atoms with Gasteiger partial charge in [-0.3, -0.25) is 0 Å². The van der Waals surface area contributed by atoms with Crippen LogP contribution in [0.4, 0.5) is 5.69 Å². The van der Waals surface area contributed by atoms with Crippen LogP contribution in [0.2, 0.25) is 0 Å². The molecule has 0 saturated carbocycles. The molecule has 0 spiro atoms. The first-order valence-electron chi connectivity index (χ1n) is 6.52. The van der Waals surface area contributed by atoms with Gasteiger partial charge in [0.25, 0.3) is 0 Å². The molecule has 0 amide bonds. The van der Waals surface area contributed by atoms with E-state index < -0.39 is 0 Å². The third kappa shape index (κ3) is 3.46. The molecule has 1 fully saturated rings. The fourth-order valence-corrected chi connectivity index (χ4v) is 3.59. The Labute approximate surface area is 128 Å². The monoisotopic (exact) mass is 341 g/mol. The second-order valence-corrected chi connectivity index (χ2v) is 6.60. The maximum absolute atomic E-state index is 5.83. The number of hydrogen-bond donors (Lipinski definition) is 2. The van der Waals surface area contributed by atoms with Crippen molar-refractivity contribution in [3.8, 4) is 0 Å². The maximum atomic E-state index is 5.83. The van der Waals surface area contributed by atoms with Gasteiger partial charge in [0.15, 0.2) is 0 Å². The van der Waals surface area contributed by atoms with Crippen molar-refractivity contribution in [1.82, 2.24) is 4.90 Å². The van der Waals surface area contributed by atoms with E-state index in [0.29, 0.717) is 16.9 Å². The van der Waals surface area contributed by atoms with E-state index in [1.54, 1.807) is 0 Å². The Hall–Kier alpha value is -0.650. The maximum Gasteiger partial charge on any atom is 0.107 e. The molecule has 104 valence electrons. The van der Waals surface area contributed by atoms with Gasteiger partial charge >= 0.3 is 0 Å². The van der Waals surface area contributed by atoms with Crippen LogP contribution in [0.3, 0.4) is 0 Å². The predicted octanol–water partition coefficient (Wildman–Crippen LogP) is 2.84. The fraction of sp³-hybridized carbons (Fsp3) is 0.500. The lowest BCUT2D eigenvalue weighted by molar-refractivity contribution is 0.206. The van der Waals surface area contributed by atoms with Crippen LogP contribution in [-0.2, 0) is 0 Å². The van der Waals surface area contributed by atoms with Crippen LogP contribution in [0.15, 0.2) is 22.7 Å².